The topological polar surface area (TPSA) is 49.0 Å². The van der Waals surface area contributed by atoms with Gasteiger partial charge in [-0.3, -0.25) is 4.57 Å². The number of furan rings is 1. The summed E-state index contributed by atoms with van der Waals surface area (Å²) < 4.78 is 19.8. The van der Waals surface area contributed by atoms with Gasteiger partial charge in [-0.15, -0.1) is 29.7 Å². The molecule has 7 heteroatoms. The number of imidazole rings is 1. The molecule has 0 N–H and O–H groups in total. The van der Waals surface area contributed by atoms with Crippen molar-refractivity contribution in [1.29, 1.82) is 0 Å². The maximum atomic E-state index is 6.79. The third kappa shape index (κ3) is 6.81. The first kappa shape index (κ1) is 42.8. The number of aromatic nitrogens is 4. The van der Waals surface area contributed by atoms with Crippen molar-refractivity contribution < 1.29 is 34.8 Å². The van der Waals surface area contributed by atoms with Gasteiger partial charge >= 0.3 is 0 Å². The summed E-state index contributed by atoms with van der Waals surface area (Å²) in [5, 5.41) is 4.27. The van der Waals surface area contributed by atoms with Crippen molar-refractivity contribution in [1.82, 2.24) is 14.1 Å². The Hall–Kier alpha value is -8.31. The number of nitrogens with zero attached hydrogens (tertiary/aromatic N) is 4. The van der Waals surface area contributed by atoms with Crippen molar-refractivity contribution in [3.8, 4) is 73.2 Å². The molecule has 0 spiro atoms. The fourth-order valence-electron chi connectivity index (χ4n) is 10.7. The van der Waals surface area contributed by atoms with Crippen LogP contribution in [0.5, 0.6) is 11.5 Å². The third-order valence-electron chi connectivity index (χ3n) is 14.0. The fourth-order valence-corrected chi connectivity index (χ4v) is 10.7. The Morgan fingerprint density at radius 1 is 0.521 bits per heavy atom. The molecular formula is C64H42N4O2Pt-2. The van der Waals surface area contributed by atoms with Crippen molar-refractivity contribution in [3.05, 3.63) is 224 Å². The monoisotopic (exact) mass is 1090 g/mol. The van der Waals surface area contributed by atoms with E-state index in [-0.39, 0.29) is 26.5 Å². The molecular weight excluding hydrogens is 1050 g/mol. The van der Waals surface area contributed by atoms with Gasteiger partial charge in [-0.05, 0) is 84.8 Å². The van der Waals surface area contributed by atoms with Gasteiger partial charge < -0.3 is 18.3 Å². The largest absolute Gasteiger partial charge is 0.510 e. The van der Waals surface area contributed by atoms with Crippen LogP contribution in [0.15, 0.2) is 205 Å². The first-order valence-corrected chi connectivity index (χ1v) is 23.7. The maximum Gasteiger partial charge on any atom is 0.268 e. The van der Waals surface area contributed by atoms with Gasteiger partial charge in [0.15, 0.2) is 0 Å². The molecule has 342 valence electrons. The van der Waals surface area contributed by atoms with E-state index in [4.69, 9.17) is 14.1 Å². The number of ether oxygens (including phenoxy) is 1. The zero-order chi connectivity index (χ0) is 46.7. The Balaban J connectivity index is 0.00000492. The summed E-state index contributed by atoms with van der Waals surface area (Å²) in [7, 11) is 0. The van der Waals surface area contributed by atoms with Gasteiger partial charge in [-0.25, -0.2) is 4.98 Å². The van der Waals surface area contributed by atoms with Crippen LogP contribution in [0.2, 0.25) is 0 Å². The van der Waals surface area contributed by atoms with Crippen molar-refractivity contribution in [2.45, 2.75) is 26.2 Å². The predicted octanol–water partition coefficient (Wildman–Crippen LogP) is 15.8. The SMILES string of the molecule is CC(C)(C)c1ccnc(-n2c3[c-]c(Oc4[c-]c(-n5[c-][n+]6c7c(cccc75)-c5ccccc5-c5ccccc5-c5cccc(-c7ccccc7)c5-6)ccc4)ccc3c3cc4c(cc32)oc2ccccc24)c1.[Pt]. The van der Waals surface area contributed by atoms with E-state index >= 15 is 0 Å². The Bertz CT molecular complexity index is 4270. The molecule has 0 fully saturated rings. The van der Waals surface area contributed by atoms with Crippen molar-refractivity contribution in [2.24, 2.45) is 0 Å². The van der Waals surface area contributed by atoms with Crippen LogP contribution >= 0.6 is 0 Å². The van der Waals surface area contributed by atoms with Crippen LogP contribution in [0.1, 0.15) is 26.3 Å². The second kappa shape index (κ2) is 16.4. The van der Waals surface area contributed by atoms with Gasteiger partial charge in [0.05, 0.1) is 16.7 Å². The minimum Gasteiger partial charge on any atom is -0.510 e. The van der Waals surface area contributed by atoms with Crippen LogP contribution in [-0.2, 0) is 26.5 Å². The Morgan fingerprint density at radius 3 is 1.99 bits per heavy atom. The van der Waals surface area contributed by atoms with E-state index in [0.29, 0.717) is 11.5 Å². The van der Waals surface area contributed by atoms with Gasteiger partial charge in [0.25, 0.3) is 6.33 Å². The molecule has 0 atom stereocenters. The van der Waals surface area contributed by atoms with Gasteiger partial charge in [-0.1, -0.05) is 166 Å². The second-order valence-electron chi connectivity index (χ2n) is 19.1. The molecule has 9 aromatic carbocycles. The third-order valence-corrected chi connectivity index (χ3v) is 14.0. The van der Waals surface area contributed by atoms with Crippen LogP contribution in [0.4, 0.5) is 0 Å². The van der Waals surface area contributed by atoms with E-state index in [1.54, 1.807) is 0 Å². The minimum absolute atomic E-state index is 0. The van der Waals surface area contributed by atoms with E-state index in [1.807, 2.05) is 36.5 Å². The normalized spacial score (nSPS) is 12.0. The van der Waals surface area contributed by atoms with Gasteiger partial charge in [0.1, 0.15) is 17.0 Å². The summed E-state index contributed by atoms with van der Waals surface area (Å²) in [5.41, 5.74) is 17.7. The van der Waals surface area contributed by atoms with Gasteiger partial charge in [0.2, 0.25) is 0 Å². The molecule has 1 aliphatic rings. The number of pyridine rings is 1. The predicted molar refractivity (Wildman–Crippen MR) is 281 cm³/mol. The number of rotatable bonds is 5. The average Bonchev–Trinajstić information content (AvgIpc) is 4.07. The molecule has 6 nitrogen and oxygen atoms in total. The summed E-state index contributed by atoms with van der Waals surface area (Å²) >= 11 is 0. The Labute approximate surface area is 424 Å². The molecule has 14 rings (SSSR count). The molecule has 0 saturated carbocycles. The summed E-state index contributed by atoms with van der Waals surface area (Å²) in [6.07, 6.45) is 5.78. The molecule has 5 heterocycles. The molecule has 0 amide bonds. The van der Waals surface area contributed by atoms with E-state index in [0.717, 1.165) is 105 Å². The first-order chi connectivity index (χ1) is 34.3. The number of para-hydroxylation sites is 3. The Morgan fingerprint density at radius 2 is 1.18 bits per heavy atom. The summed E-state index contributed by atoms with van der Waals surface area (Å²) in [6.45, 7) is 6.67. The summed E-state index contributed by atoms with van der Waals surface area (Å²) in [6, 6.07) is 75.7. The van der Waals surface area contributed by atoms with Crippen molar-refractivity contribution in [2.75, 3.05) is 0 Å². The average molecular weight is 1090 g/mol. The van der Waals surface area contributed by atoms with E-state index in [1.165, 1.54) is 16.7 Å². The van der Waals surface area contributed by atoms with E-state index < -0.39 is 0 Å². The maximum absolute atomic E-state index is 6.79. The number of benzene rings is 9. The molecule has 1 aliphatic heterocycles. The van der Waals surface area contributed by atoms with Crippen LogP contribution in [0, 0.1) is 18.5 Å². The fraction of sp³-hybridized carbons (Fsp3) is 0.0625. The zero-order valence-electron chi connectivity index (χ0n) is 39.0. The summed E-state index contributed by atoms with van der Waals surface area (Å²) in [4.78, 5) is 4.96. The van der Waals surface area contributed by atoms with Crippen molar-refractivity contribution >= 4 is 54.8 Å². The molecule has 0 radical (unpaired) electrons. The molecule has 0 saturated heterocycles. The summed E-state index contributed by atoms with van der Waals surface area (Å²) in [5.74, 6) is 1.91. The van der Waals surface area contributed by atoms with Gasteiger partial charge in [-0.2, -0.15) is 18.2 Å². The molecule has 13 aromatic rings. The second-order valence-corrected chi connectivity index (χ2v) is 19.1. The first-order valence-electron chi connectivity index (χ1n) is 23.7. The van der Waals surface area contributed by atoms with Crippen LogP contribution in [0.3, 0.4) is 0 Å². The molecule has 4 aromatic heterocycles. The zero-order valence-corrected chi connectivity index (χ0v) is 41.2. The molecule has 0 aliphatic carbocycles. The number of hydrogen-bond donors (Lipinski definition) is 0. The quantitative estimate of drug-likeness (QED) is 0.127. The van der Waals surface area contributed by atoms with E-state index in [9.17, 15) is 0 Å². The molecule has 0 unspecified atom stereocenters. The van der Waals surface area contributed by atoms with Crippen LogP contribution in [-0.4, -0.2) is 14.1 Å². The standard InChI is InChI=1S/C64H42N4O2.Pt/c1-64(2,3)41-32-33-65-61(34-41)68-57-36-44(30-31-50(57)54-37-55-51-24-11-12-29-59(51)70-60(55)38-58(54)68)69-43-19-13-18-42(35-43)66-39-67-62-45(40-16-5-4-6-17-40)25-14-26-52(62)48-22-9-7-20-46(48)47-21-8-10-23-49(47)53-27-15-28-56(66)63(53)67;/h4-34,37-38H,1-3H3;/q-2;. The molecule has 71 heavy (non-hydrogen) atoms. The smallest absolute Gasteiger partial charge is 0.268 e. The van der Waals surface area contributed by atoms with Crippen molar-refractivity contribution in [3.63, 3.8) is 0 Å². The number of hydrogen-bond acceptors (Lipinski definition) is 3. The van der Waals surface area contributed by atoms with E-state index in [2.05, 4.69) is 217 Å². The van der Waals surface area contributed by atoms with Crippen LogP contribution < -0.4 is 9.30 Å². The van der Waals surface area contributed by atoms with Crippen LogP contribution in [0.25, 0.3) is 116 Å². The van der Waals surface area contributed by atoms with Gasteiger partial charge in [0, 0.05) is 61.1 Å². The molecule has 0 bridgehead atoms. The number of fused-ring (bicyclic) bond motifs is 13. The minimum atomic E-state index is -0.0798. The Kier molecular flexibility index (Phi) is 9.88.